The van der Waals surface area contributed by atoms with Crippen LogP contribution in [0.4, 0.5) is 11.4 Å². The van der Waals surface area contributed by atoms with Crippen molar-refractivity contribution in [2.45, 2.75) is 32.6 Å². The highest BCUT2D eigenvalue weighted by Gasteiger charge is 2.13. The van der Waals surface area contributed by atoms with Gasteiger partial charge >= 0.3 is 0 Å². The molecule has 1 aromatic carbocycles. The third kappa shape index (κ3) is 4.74. The van der Waals surface area contributed by atoms with Gasteiger partial charge in [0.2, 0.25) is 5.91 Å². The van der Waals surface area contributed by atoms with Gasteiger partial charge in [0.1, 0.15) is 0 Å². The first kappa shape index (κ1) is 15.8. The molecular weight excluding hydrogens is 262 g/mol. The third-order valence-corrected chi connectivity index (χ3v) is 4.06. The van der Waals surface area contributed by atoms with Crippen molar-refractivity contribution in [1.82, 2.24) is 5.32 Å². The van der Waals surface area contributed by atoms with Crippen LogP contribution < -0.4 is 15.5 Å². The quantitative estimate of drug-likeness (QED) is 0.876. The standard InChI is InChI=1S/C17H27N3O/c1-14(13-18-2)17(21)19-15-7-9-16(10-8-15)20-11-5-3-4-6-12-20/h7-10,14,18H,3-6,11-13H2,1-2H3,(H,19,21). The van der Waals surface area contributed by atoms with Crippen LogP contribution in [0.15, 0.2) is 24.3 Å². The van der Waals surface area contributed by atoms with E-state index in [0.29, 0.717) is 6.54 Å². The normalized spacial score (nSPS) is 17.1. The van der Waals surface area contributed by atoms with Crippen molar-refractivity contribution in [1.29, 1.82) is 0 Å². The fraction of sp³-hybridized carbons (Fsp3) is 0.588. The summed E-state index contributed by atoms with van der Waals surface area (Å²) in [5, 5.41) is 6.00. The predicted molar refractivity (Wildman–Crippen MR) is 88.8 cm³/mol. The van der Waals surface area contributed by atoms with Crippen molar-refractivity contribution in [2.24, 2.45) is 5.92 Å². The monoisotopic (exact) mass is 289 g/mol. The second kappa shape index (κ2) is 8.03. The first-order valence-electron chi connectivity index (χ1n) is 8.01. The lowest BCUT2D eigenvalue weighted by atomic mass is 10.1. The van der Waals surface area contributed by atoms with Crippen molar-refractivity contribution in [3.05, 3.63) is 24.3 Å². The Kier molecular flexibility index (Phi) is 6.05. The van der Waals surface area contributed by atoms with Gasteiger partial charge in [-0.2, -0.15) is 0 Å². The summed E-state index contributed by atoms with van der Waals surface area (Å²) in [7, 11) is 1.86. The summed E-state index contributed by atoms with van der Waals surface area (Å²) < 4.78 is 0. The second-order valence-corrected chi connectivity index (χ2v) is 5.90. The van der Waals surface area contributed by atoms with E-state index >= 15 is 0 Å². The van der Waals surface area contributed by atoms with Crippen molar-refractivity contribution in [2.75, 3.05) is 36.9 Å². The van der Waals surface area contributed by atoms with E-state index in [2.05, 4.69) is 27.7 Å². The van der Waals surface area contributed by atoms with Gasteiger partial charge in [-0.3, -0.25) is 4.79 Å². The van der Waals surface area contributed by atoms with Crippen LogP contribution in [0.1, 0.15) is 32.6 Å². The summed E-state index contributed by atoms with van der Waals surface area (Å²) in [5.74, 6) is 0.0344. The minimum absolute atomic E-state index is 0.0275. The van der Waals surface area contributed by atoms with Crippen LogP contribution in [0.2, 0.25) is 0 Å². The van der Waals surface area contributed by atoms with E-state index in [0.717, 1.165) is 18.8 Å². The van der Waals surface area contributed by atoms with Crippen LogP contribution in [-0.4, -0.2) is 32.6 Å². The SMILES string of the molecule is CNCC(C)C(=O)Nc1ccc(N2CCCCCC2)cc1. The van der Waals surface area contributed by atoms with E-state index < -0.39 is 0 Å². The van der Waals surface area contributed by atoms with E-state index in [4.69, 9.17) is 0 Å². The average molecular weight is 289 g/mol. The van der Waals surface area contributed by atoms with Gasteiger partial charge in [-0.1, -0.05) is 19.8 Å². The van der Waals surface area contributed by atoms with Gasteiger partial charge in [-0.15, -0.1) is 0 Å². The Morgan fingerprint density at radius 1 is 1.14 bits per heavy atom. The topological polar surface area (TPSA) is 44.4 Å². The number of amides is 1. The van der Waals surface area contributed by atoms with Gasteiger partial charge in [-0.05, 0) is 44.2 Å². The Morgan fingerprint density at radius 3 is 2.33 bits per heavy atom. The summed E-state index contributed by atoms with van der Waals surface area (Å²) in [6.07, 6.45) is 5.24. The number of rotatable bonds is 5. The highest BCUT2D eigenvalue weighted by atomic mass is 16.1. The molecule has 116 valence electrons. The molecule has 1 aliphatic heterocycles. The molecule has 0 aromatic heterocycles. The zero-order valence-corrected chi connectivity index (χ0v) is 13.2. The maximum Gasteiger partial charge on any atom is 0.228 e. The Balaban J connectivity index is 1.93. The van der Waals surface area contributed by atoms with Crippen LogP contribution in [0.3, 0.4) is 0 Å². The zero-order valence-electron chi connectivity index (χ0n) is 13.2. The molecule has 2 rings (SSSR count). The molecule has 1 saturated heterocycles. The van der Waals surface area contributed by atoms with Crippen LogP contribution in [-0.2, 0) is 4.79 Å². The first-order chi connectivity index (χ1) is 10.2. The molecule has 1 unspecified atom stereocenters. The Morgan fingerprint density at radius 2 is 1.76 bits per heavy atom. The molecule has 1 heterocycles. The van der Waals surface area contributed by atoms with Crippen LogP contribution in [0, 0.1) is 5.92 Å². The molecule has 0 aliphatic carbocycles. The van der Waals surface area contributed by atoms with Gasteiger partial charge in [0.05, 0.1) is 0 Å². The molecule has 0 bridgehead atoms. The van der Waals surface area contributed by atoms with Crippen LogP contribution in [0.5, 0.6) is 0 Å². The molecule has 4 nitrogen and oxygen atoms in total. The van der Waals surface area contributed by atoms with E-state index in [9.17, 15) is 4.79 Å². The minimum Gasteiger partial charge on any atom is -0.372 e. The summed E-state index contributed by atoms with van der Waals surface area (Å²) in [6, 6.07) is 8.24. The number of nitrogens with zero attached hydrogens (tertiary/aromatic N) is 1. The lowest BCUT2D eigenvalue weighted by Gasteiger charge is -2.23. The second-order valence-electron chi connectivity index (χ2n) is 5.90. The summed E-state index contributed by atoms with van der Waals surface area (Å²) in [5.41, 5.74) is 2.14. The lowest BCUT2D eigenvalue weighted by molar-refractivity contribution is -0.119. The van der Waals surface area contributed by atoms with Crippen LogP contribution >= 0.6 is 0 Å². The number of nitrogens with one attached hydrogen (secondary N) is 2. The van der Waals surface area contributed by atoms with Crippen molar-refractivity contribution in [3.8, 4) is 0 Å². The van der Waals surface area contributed by atoms with Gasteiger partial charge in [-0.25, -0.2) is 0 Å². The molecule has 1 amide bonds. The van der Waals surface area contributed by atoms with E-state index in [-0.39, 0.29) is 11.8 Å². The molecule has 0 radical (unpaired) electrons. The number of anilines is 2. The summed E-state index contributed by atoms with van der Waals surface area (Å²) in [4.78, 5) is 14.4. The average Bonchev–Trinajstić information content (AvgIpc) is 2.77. The number of hydrogen-bond donors (Lipinski definition) is 2. The molecule has 1 atom stereocenters. The minimum atomic E-state index is -0.0275. The van der Waals surface area contributed by atoms with Gasteiger partial charge < -0.3 is 15.5 Å². The summed E-state index contributed by atoms with van der Waals surface area (Å²) >= 11 is 0. The van der Waals surface area contributed by atoms with Crippen molar-refractivity contribution in [3.63, 3.8) is 0 Å². The number of hydrogen-bond acceptors (Lipinski definition) is 3. The van der Waals surface area contributed by atoms with Crippen molar-refractivity contribution < 1.29 is 4.79 Å². The molecule has 21 heavy (non-hydrogen) atoms. The van der Waals surface area contributed by atoms with Crippen molar-refractivity contribution >= 4 is 17.3 Å². The largest absolute Gasteiger partial charge is 0.372 e. The lowest BCUT2D eigenvalue weighted by Crippen LogP contribution is -2.28. The zero-order chi connectivity index (χ0) is 15.1. The molecule has 1 aromatic rings. The van der Waals surface area contributed by atoms with Gasteiger partial charge in [0.15, 0.2) is 0 Å². The fourth-order valence-corrected chi connectivity index (χ4v) is 2.75. The molecule has 0 spiro atoms. The Labute approximate surface area is 127 Å². The highest BCUT2D eigenvalue weighted by molar-refractivity contribution is 5.92. The van der Waals surface area contributed by atoms with E-state index in [1.54, 1.807) is 0 Å². The molecule has 0 saturated carbocycles. The molecule has 4 heteroatoms. The van der Waals surface area contributed by atoms with Crippen LogP contribution in [0.25, 0.3) is 0 Å². The van der Waals surface area contributed by atoms with Gasteiger partial charge in [0, 0.05) is 36.9 Å². The smallest absolute Gasteiger partial charge is 0.228 e. The third-order valence-electron chi connectivity index (χ3n) is 4.06. The fourth-order valence-electron chi connectivity index (χ4n) is 2.75. The maximum atomic E-state index is 12.0. The van der Waals surface area contributed by atoms with E-state index in [1.165, 1.54) is 31.4 Å². The first-order valence-corrected chi connectivity index (χ1v) is 8.01. The highest BCUT2D eigenvalue weighted by Crippen LogP contribution is 2.21. The predicted octanol–water partition coefficient (Wildman–Crippen LogP) is 2.86. The number of carbonyl (C=O) groups excluding carboxylic acids is 1. The Hall–Kier alpha value is -1.55. The molecular formula is C17H27N3O. The molecule has 1 aliphatic rings. The molecule has 1 fully saturated rings. The summed E-state index contributed by atoms with van der Waals surface area (Å²) in [6.45, 7) is 4.91. The number of carbonyl (C=O) groups is 1. The van der Waals surface area contributed by atoms with Gasteiger partial charge in [0.25, 0.3) is 0 Å². The Bertz CT molecular complexity index is 436. The van der Waals surface area contributed by atoms with E-state index in [1.807, 2.05) is 26.1 Å². The maximum absolute atomic E-state index is 12.0. The molecule has 2 N–H and O–H groups in total. The number of benzene rings is 1.